The summed E-state index contributed by atoms with van der Waals surface area (Å²) in [6.07, 6.45) is 5.11. The predicted octanol–water partition coefficient (Wildman–Crippen LogP) is 0.206. The summed E-state index contributed by atoms with van der Waals surface area (Å²) in [5.41, 5.74) is 5.22. The molecule has 0 spiro atoms. The summed E-state index contributed by atoms with van der Waals surface area (Å²) in [6.45, 7) is 4.75. The van der Waals surface area contributed by atoms with Crippen molar-refractivity contribution >= 4 is 36.1 Å². The number of hydrogen-bond donors (Lipinski definition) is 6. The molecular formula is C17H33N3O7S. The second-order valence-electron chi connectivity index (χ2n) is 6.52. The van der Waals surface area contributed by atoms with Gasteiger partial charge in [0.2, 0.25) is 6.41 Å². The first-order valence-electron chi connectivity index (χ1n) is 8.92. The van der Waals surface area contributed by atoms with Crippen LogP contribution in [0.25, 0.3) is 0 Å². The van der Waals surface area contributed by atoms with E-state index in [9.17, 15) is 19.2 Å². The topological polar surface area (TPSA) is 179 Å². The standard InChI is InChI=1S/C6H11NO3S.C6H13NO2.C5H9NO2/c1-11-3-2-5(6(9)10)7-4-8;1-4(2)3-5(7)6(8)9;7-5(8)4-2-1-3-6-4/h4-5H,2-3H2,1H3,(H,7,8)(H,9,10);4-5H,3,7H2,1-2H3,(H,8,9);4,6H,1-3H2,(H,7,8)/t2*5-;4-/m000/s1. The summed E-state index contributed by atoms with van der Waals surface area (Å²) in [7, 11) is 0. The lowest BCUT2D eigenvalue weighted by Gasteiger charge is -2.08. The number of hydrogen-bond acceptors (Lipinski definition) is 7. The SMILES string of the molecule is CC(C)C[C@H](N)C(=O)O.CSCC[C@H](NC=O)C(=O)O.O=C(O)[C@@H]1CCCN1. The lowest BCUT2D eigenvalue weighted by molar-refractivity contribution is -0.141. The minimum absolute atomic E-state index is 0.269. The first kappa shape index (κ1) is 28.4. The summed E-state index contributed by atoms with van der Waals surface area (Å²) < 4.78 is 0. The number of aliphatic carboxylic acids is 3. The number of rotatable bonds is 10. The molecule has 28 heavy (non-hydrogen) atoms. The molecule has 1 fully saturated rings. The molecule has 0 radical (unpaired) electrons. The third kappa shape index (κ3) is 16.3. The molecule has 0 aliphatic carbocycles. The van der Waals surface area contributed by atoms with E-state index in [1.807, 2.05) is 20.1 Å². The fraction of sp³-hybridized carbons (Fsp3) is 0.765. The molecular weight excluding hydrogens is 390 g/mol. The number of carboxylic acids is 3. The third-order valence-corrected chi connectivity index (χ3v) is 4.22. The molecule has 164 valence electrons. The molecule has 0 unspecified atom stereocenters. The Morgan fingerprint density at radius 1 is 1.25 bits per heavy atom. The van der Waals surface area contributed by atoms with Gasteiger partial charge in [-0.05, 0) is 50.2 Å². The molecule has 10 nitrogen and oxygen atoms in total. The zero-order valence-electron chi connectivity index (χ0n) is 16.6. The number of thioether (sulfide) groups is 1. The average Bonchev–Trinajstić information content (AvgIpc) is 3.14. The highest BCUT2D eigenvalue weighted by atomic mass is 32.2. The van der Waals surface area contributed by atoms with Crippen molar-refractivity contribution in [1.82, 2.24) is 10.6 Å². The van der Waals surface area contributed by atoms with Gasteiger partial charge in [-0.2, -0.15) is 11.8 Å². The van der Waals surface area contributed by atoms with Crippen molar-refractivity contribution in [3.8, 4) is 0 Å². The van der Waals surface area contributed by atoms with Crippen LogP contribution in [-0.2, 0) is 19.2 Å². The Labute approximate surface area is 169 Å². The fourth-order valence-electron chi connectivity index (χ4n) is 2.10. The van der Waals surface area contributed by atoms with Crippen molar-refractivity contribution in [3.05, 3.63) is 0 Å². The molecule has 1 heterocycles. The van der Waals surface area contributed by atoms with Gasteiger partial charge in [-0.3, -0.25) is 14.4 Å². The van der Waals surface area contributed by atoms with E-state index in [0.29, 0.717) is 25.2 Å². The van der Waals surface area contributed by atoms with Crippen LogP contribution >= 0.6 is 11.8 Å². The van der Waals surface area contributed by atoms with Gasteiger partial charge in [0.1, 0.15) is 18.1 Å². The van der Waals surface area contributed by atoms with Gasteiger partial charge in [-0.15, -0.1) is 0 Å². The molecule has 7 N–H and O–H groups in total. The normalized spacial score (nSPS) is 17.2. The zero-order valence-corrected chi connectivity index (χ0v) is 17.4. The number of nitrogens with one attached hydrogen (secondary N) is 2. The highest BCUT2D eigenvalue weighted by Gasteiger charge is 2.20. The number of amides is 1. The second-order valence-corrected chi connectivity index (χ2v) is 7.50. The van der Waals surface area contributed by atoms with E-state index in [-0.39, 0.29) is 6.04 Å². The Kier molecular flexibility index (Phi) is 17.5. The van der Waals surface area contributed by atoms with Crippen molar-refractivity contribution in [2.75, 3.05) is 18.6 Å². The molecule has 1 rings (SSSR count). The molecule has 11 heteroatoms. The molecule has 0 aromatic carbocycles. The quantitative estimate of drug-likeness (QED) is 0.266. The van der Waals surface area contributed by atoms with Gasteiger partial charge in [-0.1, -0.05) is 13.8 Å². The Morgan fingerprint density at radius 3 is 2.11 bits per heavy atom. The van der Waals surface area contributed by atoms with Gasteiger partial charge in [0.25, 0.3) is 0 Å². The average molecular weight is 424 g/mol. The Morgan fingerprint density at radius 2 is 1.86 bits per heavy atom. The van der Waals surface area contributed by atoms with Crippen molar-refractivity contribution in [2.24, 2.45) is 11.7 Å². The second kappa shape index (κ2) is 17.3. The Hall–Kier alpha value is -1.85. The first-order valence-corrected chi connectivity index (χ1v) is 10.3. The van der Waals surface area contributed by atoms with Gasteiger partial charge in [0.05, 0.1) is 0 Å². The van der Waals surface area contributed by atoms with Crippen molar-refractivity contribution in [1.29, 1.82) is 0 Å². The van der Waals surface area contributed by atoms with Gasteiger partial charge in [0, 0.05) is 0 Å². The van der Waals surface area contributed by atoms with E-state index in [1.165, 1.54) is 0 Å². The van der Waals surface area contributed by atoms with Crippen LogP contribution in [0.1, 0.15) is 39.5 Å². The summed E-state index contributed by atoms with van der Waals surface area (Å²) in [5, 5.41) is 30.2. The zero-order chi connectivity index (χ0) is 22.1. The first-order chi connectivity index (χ1) is 13.1. The van der Waals surface area contributed by atoms with Crippen LogP contribution in [0.5, 0.6) is 0 Å². The van der Waals surface area contributed by atoms with Crippen LogP contribution in [0.2, 0.25) is 0 Å². The van der Waals surface area contributed by atoms with Crippen molar-refractivity contribution < 1.29 is 34.5 Å². The summed E-state index contributed by atoms with van der Waals surface area (Å²) in [5.74, 6) is -1.52. The van der Waals surface area contributed by atoms with E-state index < -0.39 is 30.0 Å². The highest BCUT2D eigenvalue weighted by molar-refractivity contribution is 7.98. The van der Waals surface area contributed by atoms with Crippen molar-refractivity contribution in [2.45, 2.75) is 57.7 Å². The maximum Gasteiger partial charge on any atom is 0.326 e. The Balaban J connectivity index is 0. The lowest BCUT2D eigenvalue weighted by atomic mass is 10.1. The summed E-state index contributed by atoms with van der Waals surface area (Å²) >= 11 is 1.55. The summed E-state index contributed by atoms with van der Waals surface area (Å²) in [6, 6.07) is -1.69. The minimum atomic E-state index is -0.980. The summed E-state index contributed by atoms with van der Waals surface area (Å²) in [4.78, 5) is 40.5. The van der Waals surface area contributed by atoms with Gasteiger partial charge in [-0.25, -0.2) is 4.79 Å². The van der Waals surface area contributed by atoms with E-state index >= 15 is 0 Å². The van der Waals surface area contributed by atoms with Gasteiger partial charge >= 0.3 is 17.9 Å². The minimum Gasteiger partial charge on any atom is -0.480 e. The predicted molar refractivity (Wildman–Crippen MR) is 107 cm³/mol. The molecule has 1 saturated heterocycles. The molecule has 1 aliphatic rings. The number of carbonyl (C=O) groups is 4. The molecule has 0 saturated carbocycles. The maximum atomic E-state index is 10.4. The van der Waals surface area contributed by atoms with Crippen LogP contribution in [0.3, 0.4) is 0 Å². The van der Waals surface area contributed by atoms with Gasteiger partial charge in [0.15, 0.2) is 0 Å². The number of carboxylic acid groups (broad SMARTS) is 3. The van der Waals surface area contributed by atoms with Crippen LogP contribution in [0.4, 0.5) is 0 Å². The smallest absolute Gasteiger partial charge is 0.326 e. The fourth-order valence-corrected chi connectivity index (χ4v) is 2.57. The van der Waals surface area contributed by atoms with Crippen LogP contribution in [0, 0.1) is 5.92 Å². The Bertz CT molecular complexity index is 472. The maximum absolute atomic E-state index is 10.4. The van der Waals surface area contributed by atoms with E-state index in [2.05, 4.69) is 10.6 Å². The van der Waals surface area contributed by atoms with E-state index in [0.717, 1.165) is 25.1 Å². The van der Waals surface area contributed by atoms with E-state index in [1.54, 1.807) is 11.8 Å². The monoisotopic (exact) mass is 423 g/mol. The highest BCUT2D eigenvalue weighted by Crippen LogP contribution is 2.03. The van der Waals surface area contributed by atoms with E-state index in [4.69, 9.17) is 21.1 Å². The molecule has 0 aromatic heterocycles. The number of carbonyl (C=O) groups excluding carboxylic acids is 1. The van der Waals surface area contributed by atoms with Crippen molar-refractivity contribution in [3.63, 3.8) is 0 Å². The number of nitrogens with two attached hydrogens (primary N) is 1. The van der Waals surface area contributed by atoms with Crippen LogP contribution in [0.15, 0.2) is 0 Å². The van der Waals surface area contributed by atoms with Crippen LogP contribution < -0.4 is 16.4 Å². The molecule has 3 atom stereocenters. The van der Waals surface area contributed by atoms with Crippen LogP contribution in [-0.4, -0.2) is 76.3 Å². The molecule has 1 aliphatic heterocycles. The lowest BCUT2D eigenvalue weighted by Crippen LogP contribution is -2.36. The third-order valence-electron chi connectivity index (χ3n) is 3.58. The molecule has 0 aromatic rings. The largest absolute Gasteiger partial charge is 0.480 e. The van der Waals surface area contributed by atoms with Gasteiger partial charge < -0.3 is 31.7 Å². The molecule has 1 amide bonds. The molecule has 0 bridgehead atoms.